The molecule has 0 nitrogen and oxygen atoms in total. The summed E-state index contributed by atoms with van der Waals surface area (Å²) < 4.78 is 0. The minimum absolute atomic E-state index is 1.13. The zero-order valence-corrected chi connectivity index (χ0v) is 16.2. The summed E-state index contributed by atoms with van der Waals surface area (Å²) in [5, 5.41) is 0. The van der Waals surface area contributed by atoms with Crippen LogP contribution in [0.25, 0.3) is 11.1 Å². The van der Waals surface area contributed by atoms with E-state index < -0.39 is 0 Å². The maximum absolute atomic E-state index is 2.48. The van der Waals surface area contributed by atoms with Crippen molar-refractivity contribution < 1.29 is 0 Å². The van der Waals surface area contributed by atoms with E-state index in [1.54, 1.807) is 11.1 Å². The van der Waals surface area contributed by atoms with Crippen molar-refractivity contribution in [2.75, 3.05) is 0 Å². The third kappa shape index (κ3) is 4.75. The lowest BCUT2D eigenvalue weighted by Gasteiger charge is -2.06. The van der Waals surface area contributed by atoms with Gasteiger partial charge in [-0.3, -0.25) is 0 Å². The summed E-state index contributed by atoms with van der Waals surface area (Å²) in [5.74, 6) is 0. The molecule has 25 heavy (non-hydrogen) atoms. The van der Waals surface area contributed by atoms with Crippen LogP contribution in [0.15, 0.2) is 36.4 Å². The van der Waals surface area contributed by atoms with E-state index in [1.807, 2.05) is 0 Å². The molecule has 0 fully saturated rings. The van der Waals surface area contributed by atoms with Crippen LogP contribution in [-0.2, 0) is 19.3 Å². The topological polar surface area (TPSA) is 0 Å². The van der Waals surface area contributed by atoms with Crippen LogP contribution in [-0.4, -0.2) is 0 Å². The van der Waals surface area contributed by atoms with Crippen molar-refractivity contribution in [3.05, 3.63) is 58.7 Å². The van der Waals surface area contributed by atoms with Crippen molar-refractivity contribution in [3.63, 3.8) is 0 Å². The van der Waals surface area contributed by atoms with E-state index >= 15 is 0 Å². The van der Waals surface area contributed by atoms with Crippen LogP contribution >= 0.6 is 0 Å². The van der Waals surface area contributed by atoms with Gasteiger partial charge in [0.15, 0.2) is 0 Å². The van der Waals surface area contributed by atoms with Crippen molar-refractivity contribution in [3.8, 4) is 11.1 Å². The monoisotopic (exact) mass is 334 g/mol. The number of unbranched alkanes of at least 4 members (excludes halogenated alkanes) is 6. The standard InChI is InChI=1S/C25H34/c1-3-5-7-8-10-12-21-14-16-25-23(18-21)19-22-17-20(11-9-6-4-2)13-15-24(22)25/h13-18H,3-12,19H2,1-2H3. The van der Waals surface area contributed by atoms with Crippen molar-refractivity contribution in [1.29, 1.82) is 0 Å². The van der Waals surface area contributed by atoms with Gasteiger partial charge in [-0.25, -0.2) is 0 Å². The van der Waals surface area contributed by atoms with Crippen molar-refractivity contribution >= 4 is 0 Å². The zero-order valence-electron chi connectivity index (χ0n) is 16.2. The summed E-state index contributed by atoms with van der Waals surface area (Å²) in [6.07, 6.45) is 14.4. The largest absolute Gasteiger partial charge is 0.0654 e. The summed E-state index contributed by atoms with van der Waals surface area (Å²) in [6, 6.07) is 14.4. The van der Waals surface area contributed by atoms with Crippen molar-refractivity contribution in [2.24, 2.45) is 0 Å². The Morgan fingerprint density at radius 2 is 1.08 bits per heavy atom. The quantitative estimate of drug-likeness (QED) is 0.337. The van der Waals surface area contributed by atoms with E-state index in [0.29, 0.717) is 0 Å². The maximum atomic E-state index is 2.48. The Morgan fingerprint density at radius 1 is 0.600 bits per heavy atom. The van der Waals surface area contributed by atoms with Gasteiger partial charge in [-0.05, 0) is 65.5 Å². The van der Waals surface area contributed by atoms with Crippen LogP contribution in [0.5, 0.6) is 0 Å². The molecular weight excluding hydrogens is 300 g/mol. The third-order valence-electron chi connectivity index (χ3n) is 5.65. The molecule has 3 rings (SSSR count). The van der Waals surface area contributed by atoms with E-state index in [1.165, 1.54) is 86.5 Å². The Balaban J connectivity index is 1.62. The van der Waals surface area contributed by atoms with Gasteiger partial charge >= 0.3 is 0 Å². The molecule has 2 aromatic carbocycles. The highest BCUT2D eigenvalue weighted by molar-refractivity contribution is 5.77. The molecule has 0 bridgehead atoms. The van der Waals surface area contributed by atoms with Crippen LogP contribution in [0, 0.1) is 0 Å². The fourth-order valence-electron chi connectivity index (χ4n) is 4.14. The van der Waals surface area contributed by atoms with E-state index in [4.69, 9.17) is 0 Å². The zero-order chi connectivity index (χ0) is 17.5. The predicted octanol–water partition coefficient (Wildman–Crippen LogP) is 7.50. The highest BCUT2D eigenvalue weighted by Gasteiger charge is 2.18. The van der Waals surface area contributed by atoms with E-state index in [0.717, 1.165) is 6.42 Å². The Bertz CT molecular complexity index is 680. The van der Waals surface area contributed by atoms with E-state index in [9.17, 15) is 0 Å². The molecule has 0 saturated carbocycles. The summed E-state index contributed by atoms with van der Waals surface area (Å²) >= 11 is 0. The molecule has 0 radical (unpaired) electrons. The summed E-state index contributed by atoms with van der Waals surface area (Å²) in [6.45, 7) is 4.56. The van der Waals surface area contributed by atoms with Crippen molar-refractivity contribution in [1.82, 2.24) is 0 Å². The van der Waals surface area contributed by atoms with Gasteiger partial charge in [-0.2, -0.15) is 0 Å². The van der Waals surface area contributed by atoms with Gasteiger partial charge in [0, 0.05) is 0 Å². The molecule has 0 heteroatoms. The second-order valence-electron chi connectivity index (χ2n) is 7.78. The number of hydrogen-bond acceptors (Lipinski definition) is 0. The molecule has 0 heterocycles. The van der Waals surface area contributed by atoms with Gasteiger partial charge < -0.3 is 0 Å². The minimum Gasteiger partial charge on any atom is -0.0654 e. The number of benzene rings is 2. The number of aryl methyl sites for hydroxylation is 2. The van der Waals surface area contributed by atoms with Gasteiger partial charge in [0.1, 0.15) is 0 Å². The molecule has 0 aromatic heterocycles. The van der Waals surface area contributed by atoms with Gasteiger partial charge in [-0.1, -0.05) is 88.8 Å². The number of rotatable bonds is 10. The Hall–Kier alpha value is -1.56. The first-order valence-electron chi connectivity index (χ1n) is 10.6. The first kappa shape index (κ1) is 18.2. The van der Waals surface area contributed by atoms with Gasteiger partial charge in [-0.15, -0.1) is 0 Å². The average molecular weight is 335 g/mol. The molecule has 1 aliphatic carbocycles. The minimum atomic E-state index is 1.13. The Kier molecular flexibility index (Phi) is 6.73. The van der Waals surface area contributed by atoms with Gasteiger partial charge in [0.25, 0.3) is 0 Å². The third-order valence-corrected chi connectivity index (χ3v) is 5.65. The fraction of sp³-hybridized carbons (Fsp3) is 0.520. The van der Waals surface area contributed by atoms with Crippen LogP contribution in [0.2, 0.25) is 0 Å². The highest BCUT2D eigenvalue weighted by Crippen LogP contribution is 2.37. The maximum Gasteiger partial charge on any atom is -0.00133 e. The first-order chi connectivity index (χ1) is 12.3. The smallest absolute Gasteiger partial charge is 0.00133 e. The average Bonchev–Trinajstić information content (AvgIpc) is 2.98. The SMILES string of the molecule is CCCCCCCc1ccc2c(c1)Cc1cc(CCCCC)ccc1-2. The van der Waals surface area contributed by atoms with Crippen LogP contribution in [0.3, 0.4) is 0 Å². The Morgan fingerprint density at radius 3 is 1.64 bits per heavy atom. The molecular formula is C25H34. The first-order valence-corrected chi connectivity index (χ1v) is 10.6. The van der Waals surface area contributed by atoms with Crippen LogP contribution < -0.4 is 0 Å². The summed E-state index contributed by atoms with van der Waals surface area (Å²) in [5.41, 5.74) is 9.10. The van der Waals surface area contributed by atoms with Crippen LogP contribution in [0.4, 0.5) is 0 Å². The van der Waals surface area contributed by atoms with Crippen molar-refractivity contribution in [2.45, 2.75) is 84.5 Å². The molecule has 0 N–H and O–H groups in total. The predicted molar refractivity (Wildman–Crippen MR) is 110 cm³/mol. The lowest BCUT2D eigenvalue weighted by molar-refractivity contribution is 0.632. The molecule has 0 spiro atoms. The number of hydrogen-bond donors (Lipinski definition) is 0. The second kappa shape index (κ2) is 9.22. The molecule has 0 unspecified atom stereocenters. The van der Waals surface area contributed by atoms with Gasteiger partial charge in [0.05, 0.1) is 0 Å². The molecule has 0 aliphatic heterocycles. The molecule has 0 saturated heterocycles. The summed E-state index contributed by atoms with van der Waals surface area (Å²) in [4.78, 5) is 0. The van der Waals surface area contributed by atoms with E-state index in [-0.39, 0.29) is 0 Å². The van der Waals surface area contributed by atoms with E-state index in [2.05, 4.69) is 50.2 Å². The second-order valence-corrected chi connectivity index (χ2v) is 7.78. The molecule has 0 amide bonds. The lowest BCUT2D eigenvalue weighted by Crippen LogP contribution is -1.89. The lowest BCUT2D eigenvalue weighted by atomic mass is 9.99. The molecule has 1 aliphatic rings. The molecule has 134 valence electrons. The number of fused-ring (bicyclic) bond motifs is 3. The Labute approximate surface area is 154 Å². The summed E-state index contributed by atoms with van der Waals surface area (Å²) in [7, 11) is 0. The normalized spacial score (nSPS) is 12.2. The fourth-order valence-corrected chi connectivity index (χ4v) is 4.14. The van der Waals surface area contributed by atoms with Crippen LogP contribution in [0.1, 0.15) is 87.5 Å². The molecule has 0 atom stereocenters. The molecule has 2 aromatic rings. The van der Waals surface area contributed by atoms with Gasteiger partial charge in [0.2, 0.25) is 0 Å². The highest BCUT2D eigenvalue weighted by atomic mass is 14.2.